The van der Waals surface area contributed by atoms with Gasteiger partial charge in [-0.05, 0) is 12.1 Å². The normalized spacial score (nSPS) is 10.2. The highest BCUT2D eigenvalue weighted by Gasteiger charge is 2.12. The molecule has 0 aliphatic rings. The van der Waals surface area contributed by atoms with Gasteiger partial charge in [-0.3, -0.25) is 4.79 Å². The predicted molar refractivity (Wildman–Crippen MR) is 95.0 cm³/mol. The van der Waals surface area contributed by atoms with Gasteiger partial charge in [0.2, 0.25) is 5.91 Å². The first kappa shape index (κ1) is 17.5. The van der Waals surface area contributed by atoms with Crippen molar-refractivity contribution in [2.75, 3.05) is 25.3 Å². The quantitative estimate of drug-likeness (QED) is 0.747. The minimum absolute atomic E-state index is 0.0869. The third-order valence-electron chi connectivity index (χ3n) is 3.09. The van der Waals surface area contributed by atoms with Crippen molar-refractivity contribution in [3.8, 4) is 11.5 Å². The maximum absolute atomic E-state index is 12.1. The van der Waals surface area contributed by atoms with Crippen LogP contribution in [0.2, 0.25) is 5.02 Å². The molecule has 23 heavy (non-hydrogen) atoms. The van der Waals surface area contributed by atoms with Crippen LogP contribution in [0.1, 0.15) is 6.42 Å². The van der Waals surface area contributed by atoms with Gasteiger partial charge in [0.05, 0.1) is 24.9 Å². The highest BCUT2D eigenvalue weighted by molar-refractivity contribution is 7.99. The zero-order valence-corrected chi connectivity index (χ0v) is 14.5. The third kappa shape index (κ3) is 5.08. The molecule has 122 valence electrons. The van der Waals surface area contributed by atoms with Crippen LogP contribution < -0.4 is 14.8 Å². The van der Waals surface area contributed by atoms with Crippen LogP contribution in [0, 0.1) is 0 Å². The van der Waals surface area contributed by atoms with Gasteiger partial charge >= 0.3 is 0 Å². The predicted octanol–water partition coefficient (Wildman–Crippen LogP) is 4.48. The Morgan fingerprint density at radius 2 is 1.83 bits per heavy atom. The van der Waals surface area contributed by atoms with Gasteiger partial charge in [0.1, 0.15) is 11.5 Å². The molecule has 1 N–H and O–H groups in total. The Morgan fingerprint density at radius 1 is 1.13 bits per heavy atom. The van der Waals surface area contributed by atoms with E-state index in [2.05, 4.69) is 5.32 Å². The minimum atomic E-state index is -0.0869. The van der Waals surface area contributed by atoms with E-state index in [4.69, 9.17) is 21.1 Å². The smallest absolute Gasteiger partial charge is 0.225 e. The summed E-state index contributed by atoms with van der Waals surface area (Å²) in [5, 5.41) is 3.27. The number of carbonyl (C=O) groups is 1. The molecule has 0 aliphatic carbocycles. The maximum Gasteiger partial charge on any atom is 0.225 e. The Bertz CT molecular complexity index is 664. The van der Waals surface area contributed by atoms with Crippen molar-refractivity contribution in [3.63, 3.8) is 0 Å². The number of hydrogen-bond donors (Lipinski definition) is 1. The zero-order chi connectivity index (χ0) is 16.7. The van der Waals surface area contributed by atoms with Gasteiger partial charge in [-0.1, -0.05) is 29.8 Å². The molecule has 6 heteroatoms. The summed E-state index contributed by atoms with van der Waals surface area (Å²) in [6, 6.07) is 13.3. The summed E-state index contributed by atoms with van der Waals surface area (Å²) < 4.78 is 10.4. The summed E-state index contributed by atoms with van der Waals surface area (Å²) in [6.07, 6.45) is 0.396. The van der Waals surface area contributed by atoms with Gasteiger partial charge in [0, 0.05) is 29.2 Å². The van der Waals surface area contributed by atoms with Crippen molar-refractivity contribution in [3.05, 3.63) is 47.5 Å². The molecule has 1 amide bonds. The molecule has 2 aromatic rings. The number of nitrogens with one attached hydrogen (secondary N) is 1. The Labute approximate surface area is 145 Å². The van der Waals surface area contributed by atoms with Crippen LogP contribution >= 0.6 is 23.4 Å². The molecule has 0 unspecified atom stereocenters. The first-order valence-electron chi connectivity index (χ1n) is 7.03. The van der Waals surface area contributed by atoms with E-state index in [0.29, 0.717) is 34.4 Å². The molecular formula is C17H18ClNO3S. The number of anilines is 1. The molecule has 0 aliphatic heterocycles. The van der Waals surface area contributed by atoms with Crippen LogP contribution in [-0.4, -0.2) is 25.9 Å². The lowest BCUT2D eigenvalue weighted by atomic mass is 10.2. The summed E-state index contributed by atoms with van der Waals surface area (Å²) >= 11 is 7.69. The Kier molecular flexibility index (Phi) is 6.62. The fraction of sp³-hybridized carbons (Fsp3) is 0.235. The lowest BCUT2D eigenvalue weighted by Gasteiger charge is -2.13. The molecule has 0 saturated heterocycles. The molecule has 2 aromatic carbocycles. The average Bonchev–Trinajstić information content (AvgIpc) is 2.57. The van der Waals surface area contributed by atoms with E-state index in [0.717, 1.165) is 4.90 Å². The molecule has 0 bridgehead atoms. The van der Waals surface area contributed by atoms with Crippen LogP contribution in [0.25, 0.3) is 0 Å². The first-order valence-corrected chi connectivity index (χ1v) is 8.39. The summed E-state index contributed by atoms with van der Waals surface area (Å²) in [7, 11) is 3.05. The number of ether oxygens (including phenoxy) is 2. The second-order valence-electron chi connectivity index (χ2n) is 4.65. The second kappa shape index (κ2) is 8.70. The second-order valence-corrected chi connectivity index (χ2v) is 6.22. The molecule has 4 nitrogen and oxygen atoms in total. The lowest BCUT2D eigenvalue weighted by molar-refractivity contribution is -0.115. The van der Waals surface area contributed by atoms with Gasteiger partial charge < -0.3 is 14.8 Å². The van der Waals surface area contributed by atoms with E-state index in [-0.39, 0.29) is 5.91 Å². The highest BCUT2D eigenvalue weighted by atomic mass is 35.5. The molecule has 0 spiro atoms. The number of methoxy groups -OCH3 is 2. The minimum Gasteiger partial charge on any atom is -0.495 e. The molecular weight excluding hydrogens is 334 g/mol. The number of rotatable bonds is 7. The molecule has 0 heterocycles. The highest BCUT2D eigenvalue weighted by Crippen LogP contribution is 2.35. The van der Waals surface area contributed by atoms with Crippen LogP contribution in [0.15, 0.2) is 47.4 Å². The van der Waals surface area contributed by atoms with E-state index in [1.54, 1.807) is 23.9 Å². The van der Waals surface area contributed by atoms with Crippen LogP contribution in [0.5, 0.6) is 11.5 Å². The number of hydrogen-bond acceptors (Lipinski definition) is 4. The van der Waals surface area contributed by atoms with Crippen molar-refractivity contribution < 1.29 is 14.3 Å². The monoisotopic (exact) mass is 351 g/mol. The summed E-state index contributed by atoms with van der Waals surface area (Å²) in [6.45, 7) is 0. The van der Waals surface area contributed by atoms with Crippen LogP contribution in [0.4, 0.5) is 5.69 Å². The van der Waals surface area contributed by atoms with Crippen molar-refractivity contribution >= 4 is 35.0 Å². The molecule has 0 fully saturated rings. The average molecular weight is 352 g/mol. The summed E-state index contributed by atoms with van der Waals surface area (Å²) in [5.41, 5.74) is 0.545. The Morgan fingerprint density at radius 3 is 2.48 bits per heavy atom. The summed E-state index contributed by atoms with van der Waals surface area (Å²) in [5.74, 6) is 1.60. The van der Waals surface area contributed by atoms with Crippen molar-refractivity contribution in [2.24, 2.45) is 0 Å². The maximum atomic E-state index is 12.1. The van der Waals surface area contributed by atoms with Crippen molar-refractivity contribution in [2.45, 2.75) is 11.3 Å². The number of benzene rings is 2. The van der Waals surface area contributed by atoms with E-state index in [1.807, 2.05) is 30.3 Å². The number of halogens is 1. The van der Waals surface area contributed by atoms with Crippen molar-refractivity contribution in [1.29, 1.82) is 0 Å². The summed E-state index contributed by atoms with van der Waals surface area (Å²) in [4.78, 5) is 13.2. The van der Waals surface area contributed by atoms with Gasteiger partial charge in [-0.2, -0.15) is 0 Å². The van der Waals surface area contributed by atoms with E-state index < -0.39 is 0 Å². The Balaban J connectivity index is 1.94. The van der Waals surface area contributed by atoms with Crippen LogP contribution in [-0.2, 0) is 4.79 Å². The fourth-order valence-electron chi connectivity index (χ4n) is 1.95. The Hall–Kier alpha value is -1.85. The van der Waals surface area contributed by atoms with E-state index in [1.165, 1.54) is 14.2 Å². The molecule has 0 atom stereocenters. The topological polar surface area (TPSA) is 47.6 Å². The number of amides is 1. The largest absolute Gasteiger partial charge is 0.495 e. The van der Waals surface area contributed by atoms with Gasteiger partial charge in [-0.15, -0.1) is 11.8 Å². The van der Waals surface area contributed by atoms with Gasteiger partial charge in [0.25, 0.3) is 0 Å². The number of thioether (sulfide) groups is 1. The van der Waals surface area contributed by atoms with Crippen molar-refractivity contribution in [1.82, 2.24) is 0 Å². The van der Waals surface area contributed by atoms with E-state index in [9.17, 15) is 4.79 Å². The number of carbonyl (C=O) groups excluding carboxylic acids is 1. The zero-order valence-electron chi connectivity index (χ0n) is 13.0. The molecule has 0 radical (unpaired) electrons. The lowest BCUT2D eigenvalue weighted by Crippen LogP contribution is -2.13. The van der Waals surface area contributed by atoms with E-state index >= 15 is 0 Å². The van der Waals surface area contributed by atoms with Crippen LogP contribution in [0.3, 0.4) is 0 Å². The fourth-order valence-corrected chi connectivity index (χ4v) is 3.05. The standard InChI is InChI=1S/C17H18ClNO3S/c1-21-15-11-14(16(22-2)10-13(15)18)19-17(20)8-9-23-12-6-4-3-5-7-12/h3-7,10-11H,8-9H2,1-2H3,(H,19,20). The molecule has 0 aromatic heterocycles. The third-order valence-corrected chi connectivity index (χ3v) is 4.40. The first-order chi connectivity index (χ1) is 11.1. The molecule has 0 saturated carbocycles. The molecule has 2 rings (SSSR count). The van der Waals surface area contributed by atoms with Gasteiger partial charge in [-0.25, -0.2) is 0 Å². The van der Waals surface area contributed by atoms with Gasteiger partial charge in [0.15, 0.2) is 0 Å². The SMILES string of the molecule is COc1cc(NC(=O)CCSc2ccccc2)c(OC)cc1Cl.